The lowest BCUT2D eigenvalue weighted by Crippen LogP contribution is -2.55. The van der Waals surface area contributed by atoms with Gasteiger partial charge in [-0.2, -0.15) is 0 Å². The van der Waals surface area contributed by atoms with Gasteiger partial charge in [0.05, 0.1) is 7.11 Å². The van der Waals surface area contributed by atoms with Crippen LogP contribution in [-0.4, -0.2) is 37.7 Å². The summed E-state index contributed by atoms with van der Waals surface area (Å²) >= 11 is 12.5. The fourth-order valence-electron chi connectivity index (χ4n) is 4.21. The lowest BCUT2D eigenvalue weighted by Gasteiger charge is -2.45. The maximum atomic E-state index is 6.23. The van der Waals surface area contributed by atoms with Gasteiger partial charge in [-0.3, -0.25) is 0 Å². The highest BCUT2D eigenvalue weighted by Gasteiger charge is 2.33. The molecule has 1 N–H and O–H groups in total. The molecule has 0 saturated carbocycles. The van der Waals surface area contributed by atoms with E-state index in [1.54, 1.807) is 7.11 Å². The van der Waals surface area contributed by atoms with Gasteiger partial charge in [-0.25, -0.2) is 0 Å². The van der Waals surface area contributed by atoms with E-state index in [0.717, 1.165) is 23.8 Å². The first-order valence-electron chi connectivity index (χ1n) is 9.82. The number of ether oxygens (including phenoxy) is 2. The van der Waals surface area contributed by atoms with E-state index in [1.165, 1.54) is 38.0 Å². The van der Waals surface area contributed by atoms with Crippen LogP contribution in [0, 0.1) is 5.92 Å². The van der Waals surface area contributed by atoms with E-state index >= 15 is 0 Å². The van der Waals surface area contributed by atoms with Gasteiger partial charge >= 0.3 is 0 Å². The zero-order chi connectivity index (χ0) is 19.5. The van der Waals surface area contributed by atoms with Crippen molar-refractivity contribution in [3.05, 3.63) is 57.6 Å². The highest BCUT2D eigenvalue weighted by molar-refractivity contribution is 6.35. The highest BCUT2D eigenvalue weighted by Crippen LogP contribution is 2.32. The molecule has 166 valence electrons. The van der Waals surface area contributed by atoms with Crippen molar-refractivity contribution in [2.75, 3.05) is 26.7 Å². The predicted octanol–water partition coefficient (Wildman–Crippen LogP) is 5.61. The number of hydrogen-bond acceptors (Lipinski definition) is 4. The standard InChI is InChI=1S/C22H26Cl2N2O2.2ClH/c1-27-22-11-15(12-25-20-13-26-9-7-16(20)8-10-26)5-6-21(22)28-14-17-18(23)3-2-4-19(17)24;;/h2-6,11,16,20,25H,7-10,12-14H2,1H3;2*1H. The molecule has 8 heteroatoms. The number of methoxy groups -OCH3 is 1. The van der Waals surface area contributed by atoms with Gasteiger partial charge in [0.1, 0.15) is 6.61 Å². The molecule has 5 rings (SSSR count). The van der Waals surface area contributed by atoms with Crippen LogP contribution in [0.5, 0.6) is 11.5 Å². The Kier molecular flexibility index (Phi) is 9.86. The SMILES string of the molecule is COc1cc(CNC2CN3CCC2CC3)ccc1OCc1c(Cl)cccc1Cl.Cl.Cl. The second-order valence-corrected chi connectivity index (χ2v) is 8.41. The third kappa shape index (κ3) is 5.87. The Labute approximate surface area is 201 Å². The average Bonchev–Trinajstić information content (AvgIpc) is 2.73. The lowest BCUT2D eigenvalue weighted by atomic mass is 9.84. The molecule has 4 nitrogen and oxygen atoms in total. The van der Waals surface area contributed by atoms with Crippen molar-refractivity contribution in [1.29, 1.82) is 0 Å². The van der Waals surface area contributed by atoms with Crippen molar-refractivity contribution in [2.24, 2.45) is 5.92 Å². The summed E-state index contributed by atoms with van der Waals surface area (Å²) in [7, 11) is 1.66. The van der Waals surface area contributed by atoms with E-state index in [0.29, 0.717) is 28.4 Å². The Bertz CT molecular complexity index is 809. The van der Waals surface area contributed by atoms with Crippen LogP contribution in [0.25, 0.3) is 0 Å². The molecule has 3 saturated heterocycles. The van der Waals surface area contributed by atoms with E-state index < -0.39 is 0 Å². The van der Waals surface area contributed by atoms with Crippen LogP contribution in [0.3, 0.4) is 0 Å². The normalized spacial score (nSPS) is 22.0. The maximum absolute atomic E-state index is 6.23. The molecule has 30 heavy (non-hydrogen) atoms. The van der Waals surface area contributed by atoms with Crippen LogP contribution in [0.2, 0.25) is 10.0 Å². The summed E-state index contributed by atoms with van der Waals surface area (Å²) in [6.45, 7) is 4.83. The first-order valence-corrected chi connectivity index (χ1v) is 10.6. The summed E-state index contributed by atoms with van der Waals surface area (Å²) in [5, 5.41) is 4.94. The van der Waals surface area contributed by atoms with Crippen LogP contribution in [0.4, 0.5) is 0 Å². The van der Waals surface area contributed by atoms with Crippen LogP contribution < -0.4 is 14.8 Å². The molecule has 2 aromatic rings. The Hall–Kier alpha value is -0.880. The fourth-order valence-corrected chi connectivity index (χ4v) is 4.71. The van der Waals surface area contributed by atoms with Crippen molar-refractivity contribution < 1.29 is 9.47 Å². The smallest absolute Gasteiger partial charge is 0.161 e. The molecule has 2 bridgehead atoms. The summed E-state index contributed by atoms with van der Waals surface area (Å²) in [5.74, 6) is 2.22. The number of rotatable bonds is 7. The average molecular weight is 494 g/mol. The molecule has 1 atom stereocenters. The molecule has 0 radical (unpaired) electrons. The molecule has 0 aliphatic carbocycles. The first kappa shape index (κ1) is 25.4. The maximum Gasteiger partial charge on any atom is 0.161 e. The summed E-state index contributed by atoms with van der Waals surface area (Å²) < 4.78 is 11.5. The van der Waals surface area contributed by atoms with E-state index in [9.17, 15) is 0 Å². The fraction of sp³-hybridized carbons (Fsp3) is 0.455. The third-order valence-corrected chi connectivity index (χ3v) is 6.59. The molecule has 0 spiro atoms. The van der Waals surface area contributed by atoms with Gasteiger partial charge in [0.25, 0.3) is 0 Å². The molecule has 3 aliphatic heterocycles. The zero-order valence-electron chi connectivity index (χ0n) is 16.9. The van der Waals surface area contributed by atoms with Crippen molar-refractivity contribution in [3.8, 4) is 11.5 Å². The quantitative estimate of drug-likeness (QED) is 0.543. The minimum Gasteiger partial charge on any atom is -0.493 e. The zero-order valence-corrected chi connectivity index (χ0v) is 20.0. The van der Waals surface area contributed by atoms with Gasteiger partial charge in [-0.15, -0.1) is 24.8 Å². The Morgan fingerprint density at radius 1 is 1.03 bits per heavy atom. The van der Waals surface area contributed by atoms with Crippen molar-refractivity contribution in [2.45, 2.75) is 32.0 Å². The number of nitrogens with zero attached hydrogens (tertiary/aromatic N) is 1. The van der Waals surface area contributed by atoms with E-state index in [1.807, 2.05) is 30.3 Å². The number of nitrogens with one attached hydrogen (secondary N) is 1. The molecule has 3 heterocycles. The Balaban J connectivity index is 0.00000160. The molecule has 2 aromatic carbocycles. The molecule has 3 aliphatic rings. The monoisotopic (exact) mass is 492 g/mol. The van der Waals surface area contributed by atoms with Gasteiger partial charge in [-0.05, 0) is 61.7 Å². The summed E-state index contributed by atoms with van der Waals surface area (Å²) in [6, 6.07) is 12.1. The van der Waals surface area contributed by atoms with E-state index in [2.05, 4.69) is 16.3 Å². The molecular weight excluding hydrogens is 466 g/mol. The molecule has 0 amide bonds. The van der Waals surface area contributed by atoms with Crippen molar-refractivity contribution >= 4 is 48.0 Å². The van der Waals surface area contributed by atoms with Gasteiger partial charge in [0.2, 0.25) is 0 Å². The summed E-state index contributed by atoms with van der Waals surface area (Å²) in [5.41, 5.74) is 1.97. The number of piperidine rings is 3. The molecular formula is C22H28Cl4N2O2. The second-order valence-electron chi connectivity index (χ2n) is 7.60. The van der Waals surface area contributed by atoms with Gasteiger partial charge in [-0.1, -0.05) is 35.3 Å². The van der Waals surface area contributed by atoms with Crippen LogP contribution >= 0.6 is 48.0 Å². The highest BCUT2D eigenvalue weighted by atomic mass is 35.5. The van der Waals surface area contributed by atoms with E-state index in [-0.39, 0.29) is 24.8 Å². The number of benzene rings is 2. The lowest BCUT2D eigenvalue weighted by molar-refractivity contribution is 0.0720. The number of halogens is 4. The van der Waals surface area contributed by atoms with Crippen molar-refractivity contribution in [3.63, 3.8) is 0 Å². The predicted molar refractivity (Wildman–Crippen MR) is 128 cm³/mol. The molecule has 3 fully saturated rings. The number of fused-ring (bicyclic) bond motifs is 3. The van der Waals surface area contributed by atoms with Gasteiger partial charge in [0.15, 0.2) is 11.5 Å². The molecule has 0 aromatic heterocycles. The van der Waals surface area contributed by atoms with Crippen LogP contribution in [0.15, 0.2) is 36.4 Å². The third-order valence-electron chi connectivity index (χ3n) is 5.89. The van der Waals surface area contributed by atoms with Gasteiger partial charge in [0, 0.05) is 34.7 Å². The topological polar surface area (TPSA) is 33.7 Å². The number of hydrogen-bond donors (Lipinski definition) is 1. The molecule has 1 unspecified atom stereocenters. The Morgan fingerprint density at radius 2 is 1.73 bits per heavy atom. The summed E-state index contributed by atoms with van der Waals surface area (Å²) in [4.78, 5) is 2.56. The largest absolute Gasteiger partial charge is 0.493 e. The second kappa shape index (κ2) is 11.7. The van der Waals surface area contributed by atoms with E-state index in [4.69, 9.17) is 32.7 Å². The first-order chi connectivity index (χ1) is 13.6. The van der Waals surface area contributed by atoms with Gasteiger partial charge < -0.3 is 19.7 Å². The minimum absolute atomic E-state index is 0. The van der Waals surface area contributed by atoms with Crippen molar-refractivity contribution in [1.82, 2.24) is 10.2 Å². The van der Waals surface area contributed by atoms with Crippen LogP contribution in [0.1, 0.15) is 24.0 Å². The summed E-state index contributed by atoms with van der Waals surface area (Å²) in [6.07, 6.45) is 2.64. The van der Waals surface area contributed by atoms with Crippen LogP contribution in [-0.2, 0) is 13.2 Å². The Morgan fingerprint density at radius 3 is 2.33 bits per heavy atom. The minimum atomic E-state index is 0.